The molecule has 1 heterocycles. The number of likely N-dealkylation sites (tertiary alicyclic amines) is 1. The number of aliphatic carboxylic acids is 1. The molecule has 0 bridgehead atoms. The summed E-state index contributed by atoms with van der Waals surface area (Å²) < 4.78 is 11.3. The molecular weight excluding hydrogens is 434 g/mol. The maximum atomic E-state index is 12.3. The lowest BCUT2D eigenvalue weighted by Gasteiger charge is -2.22. The fourth-order valence-electron chi connectivity index (χ4n) is 4.10. The van der Waals surface area contributed by atoms with Crippen molar-refractivity contribution in [2.24, 2.45) is 0 Å². The quantitative estimate of drug-likeness (QED) is 0.314. The van der Waals surface area contributed by atoms with E-state index in [2.05, 4.69) is 0 Å². The molecule has 0 saturated carbocycles. The zero-order chi connectivity index (χ0) is 24.3. The molecule has 0 aromatic heterocycles. The Morgan fingerprint density at radius 2 is 1.88 bits per heavy atom. The molecule has 0 radical (unpaired) electrons. The predicted octanol–water partition coefficient (Wildman–Crippen LogP) is 5.10. The summed E-state index contributed by atoms with van der Waals surface area (Å²) in [5.74, 6) is 1.17. The van der Waals surface area contributed by atoms with E-state index < -0.39 is 12.1 Å². The van der Waals surface area contributed by atoms with Crippen LogP contribution in [-0.4, -0.2) is 46.7 Å². The van der Waals surface area contributed by atoms with Gasteiger partial charge in [0.05, 0.1) is 19.3 Å². The monoisotopic (exact) mass is 467 g/mol. The molecule has 1 amide bonds. The van der Waals surface area contributed by atoms with E-state index in [1.54, 1.807) is 19.3 Å². The number of unbranched alkanes of at least 4 members (excludes halogenated alkanes) is 3. The van der Waals surface area contributed by atoms with Crippen molar-refractivity contribution in [2.45, 2.75) is 57.1 Å². The lowest BCUT2D eigenvalue weighted by atomic mass is 10.1. The van der Waals surface area contributed by atoms with E-state index in [0.717, 1.165) is 25.7 Å². The Balaban J connectivity index is 1.55. The predicted molar refractivity (Wildman–Crippen MR) is 129 cm³/mol. The van der Waals surface area contributed by atoms with Crippen LogP contribution in [0.15, 0.2) is 60.7 Å². The third-order valence-corrected chi connectivity index (χ3v) is 5.93. The van der Waals surface area contributed by atoms with Crippen LogP contribution in [-0.2, 0) is 9.59 Å². The number of aliphatic hydroxyl groups is 1. The van der Waals surface area contributed by atoms with Gasteiger partial charge in [0.15, 0.2) is 11.5 Å². The Hall–Kier alpha value is -3.32. The lowest BCUT2D eigenvalue weighted by molar-refractivity contribution is -0.137. The molecule has 1 fully saturated rings. The van der Waals surface area contributed by atoms with Crippen LogP contribution in [0.1, 0.15) is 56.6 Å². The molecule has 7 nitrogen and oxygen atoms in total. The Morgan fingerprint density at radius 3 is 2.65 bits per heavy atom. The molecule has 2 N–H and O–H groups in total. The molecule has 1 aliphatic rings. The Kier molecular flexibility index (Phi) is 9.52. The number of carboxylic acids is 1. The Morgan fingerprint density at radius 1 is 1.12 bits per heavy atom. The van der Waals surface area contributed by atoms with E-state index in [9.17, 15) is 14.7 Å². The first-order valence-electron chi connectivity index (χ1n) is 11.8. The van der Waals surface area contributed by atoms with Crippen LogP contribution < -0.4 is 9.47 Å². The van der Waals surface area contributed by atoms with Crippen LogP contribution in [0.4, 0.5) is 0 Å². The third-order valence-electron chi connectivity index (χ3n) is 5.93. The highest BCUT2D eigenvalue weighted by molar-refractivity contribution is 5.79. The fraction of sp³-hybridized carbons (Fsp3) is 0.407. The minimum absolute atomic E-state index is 0.0332. The molecule has 2 aromatic carbocycles. The molecule has 0 spiro atoms. The number of carbonyl (C=O) groups is 2. The fourth-order valence-corrected chi connectivity index (χ4v) is 4.10. The largest absolute Gasteiger partial charge is 0.493 e. The van der Waals surface area contributed by atoms with Gasteiger partial charge in [0.2, 0.25) is 5.91 Å². The van der Waals surface area contributed by atoms with Gasteiger partial charge in [-0.3, -0.25) is 9.59 Å². The molecule has 7 heteroatoms. The SMILES string of the molecule is COc1ccccc1Oc1cccc(C(O)C=CC2CCC(=O)N2CCCCCCC(=O)O)c1. The van der Waals surface area contributed by atoms with Crippen molar-refractivity contribution in [3.8, 4) is 17.2 Å². The van der Waals surface area contributed by atoms with Crippen LogP contribution in [0.3, 0.4) is 0 Å². The number of para-hydroxylation sites is 2. The topological polar surface area (TPSA) is 96.3 Å². The molecule has 1 saturated heterocycles. The summed E-state index contributed by atoms with van der Waals surface area (Å²) in [6.07, 6.45) is 7.50. The minimum atomic E-state index is -0.824. The van der Waals surface area contributed by atoms with Gasteiger partial charge in [-0.15, -0.1) is 0 Å². The van der Waals surface area contributed by atoms with E-state index in [4.69, 9.17) is 14.6 Å². The second-order valence-electron chi connectivity index (χ2n) is 8.41. The number of hydrogen-bond donors (Lipinski definition) is 2. The molecule has 2 aromatic rings. The molecule has 3 rings (SSSR count). The summed E-state index contributed by atoms with van der Waals surface area (Å²) in [4.78, 5) is 24.8. The first-order valence-corrected chi connectivity index (χ1v) is 11.8. The van der Waals surface area contributed by atoms with Gasteiger partial charge < -0.3 is 24.6 Å². The Bertz CT molecular complexity index is 989. The number of rotatable bonds is 13. The van der Waals surface area contributed by atoms with E-state index in [-0.39, 0.29) is 18.4 Å². The number of carboxylic acid groups (broad SMARTS) is 1. The van der Waals surface area contributed by atoms with E-state index in [1.165, 1.54) is 0 Å². The summed E-state index contributed by atoms with van der Waals surface area (Å²) in [7, 11) is 1.59. The van der Waals surface area contributed by atoms with Crippen molar-refractivity contribution in [3.05, 3.63) is 66.2 Å². The average Bonchev–Trinajstić information content (AvgIpc) is 3.19. The van der Waals surface area contributed by atoms with E-state index in [0.29, 0.717) is 42.2 Å². The number of amides is 1. The zero-order valence-electron chi connectivity index (χ0n) is 19.6. The van der Waals surface area contributed by atoms with Crippen LogP contribution in [0.2, 0.25) is 0 Å². The van der Waals surface area contributed by atoms with Crippen molar-refractivity contribution in [3.63, 3.8) is 0 Å². The molecule has 2 unspecified atom stereocenters. The molecular formula is C27H33NO6. The minimum Gasteiger partial charge on any atom is -0.493 e. The second-order valence-corrected chi connectivity index (χ2v) is 8.41. The third kappa shape index (κ3) is 7.35. The van der Waals surface area contributed by atoms with Gasteiger partial charge in [0.25, 0.3) is 0 Å². The van der Waals surface area contributed by atoms with Gasteiger partial charge in [0.1, 0.15) is 5.75 Å². The van der Waals surface area contributed by atoms with Crippen molar-refractivity contribution in [1.29, 1.82) is 0 Å². The first-order chi connectivity index (χ1) is 16.5. The summed E-state index contributed by atoms with van der Waals surface area (Å²) >= 11 is 0. The summed E-state index contributed by atoms with van der Waals surface area (Å²) in [5, 5.41) is 19.4. The molecule has 34 heavy (non-hydrogen) atoms. The normalized spacial score (nSPS) is 16.7. The standard InChI is InChI=1S/C27H33NO6/c1-33-24-11-5-6-12-25(24)34-22-10-8-9-20(19-22)23(29)16-14-21-15-17-26(30)28(21)18-7-3-2-4-13-27(31)32/h5-6,8-12,14,16,19,21,23,29H,2-4,7,13,15,17-18H2,1H3,(H,31,32). The smallest absolute Gasteiger partial charge is 0.303 e. The zero-order valence-corrected chi connectivity index (χ0v) is 19.6. The second kappa shape index (κ2) is 12.8. The number of benzene rings is 2. The van der Waals surface area contributed by atoms with E-state index >= 15 is 0 Å². The molecule has 2 atom stereocenters. The van der Waals surface area contributed by atoms with Crippen LogP contribution >= 0.6 is 0 Å². The van der Waals surface area contributed by atoms with Gasteiger partial charge in [-0.1, -0.05) is 49.3 Å². The molecule has 0 aliphatic carbocycles. The van der Waals surface area contributed by atoms with Gasteiger partial charge in [-0.25, -0.2) is 0 Å². The average molecular weight is 468 g/mol. The highest BCUT2D eigenvalue weighted by atomic mass is 16.5. The van der Waals surface area contributed by atoms with Gasteiger partial charge in [0, 0.05) is 19.4 Å². The first kappa shape index (κ1) is 25.3. The highest BCUT2D eigenvalue weighted by Gasteiger charge is 2.28. The van der Waals surface area contributed by atoms with Crippen LogP contribution in [0.25, 0.3) is 0 Å². The number of carbonyl (C=O) groups excluding carboxylic acids is 1. The molecule has 182 valence electrons. The van der Waals surface area contributed by atoms with Crippen molar-refractivity contribution in [2.75, 3.05) is 13.7 Å². The van der Waals surface area contributed by atoms with Crippen molar-refractivity contribution >= 4 is 11.9 Å². The maximum absolute atomic E-state index is 12.3. The summed E-state index contributed by atoms with van der Waals surface area (Å²) in [5.41, 5.74) is 0.693. The Labute approximate surface area is 200 Å². The van der Waals surface area contributed by atoms with Gasteiger partial charge in [-0.05, 0) is 49.1 Å². The van der Waals surface area contributed by atoms with E-state index in [1.807, 2.05) is 53.4 Å². The van der Waals surface area contributed by atoms with Crippen molar-refractivity contribution < 1.29 is 29.3 Å². The number of hydrogen-bond acceptors (Lipinski definition) is 5. The highest BCUT2D eigenvalue weighted by Crippen LogP contribution is 2.32. The number of methoxy groups -OCH3 is 1. The van der Waals surface area contributed by atoms with Gasteiger partial charge >= 0.3 is 5.97 Å². The van der Waals surface area contributed by atoms with Crippen LogP contribution in [0.5, 0.6) is 17.2 Å². The van der Waals surface area contributed by atoms with Gasteiger partial charge in [-0.2, -0.15) is 0 Å². The van der Waals surface area contributed by atoms with Crippen LogP contribution in [0, 0.1) is 0 Å². The lowest BCUT2D eigenvalue weighted by Crippen LogP contribution is -2.32. The number of aliphatic hydroxyl groups excluding tert-OH is 1. The maximum Gasteiger partial charge on any atom is 0.303 e. The number of ether oxygens (including phenoxy) is 2. The molecule has 1 aliphatic heterocycles. The van der Waals surface area contributed by atoms with Crippen molar-refractivity contribution in [1.82, 2.24) is 4.90 Å². The summed E-state index contributed by atoms with van der Waals surface area (Å²) in [6.45, 7) is 0.652. The summed E-state index contributed by atoms with van der Waals surface area (Å²) in [6, 6.07) is 14.6. The number of nitrogens with zero attached hydrogens (tertiary/aromatic N) is 1.